The predicted molar refractivity (Wildman–Crippen MR) is 83.0 cm³/mol. The number of nitrogens with one attached hydrogen (secondary N) is 1. The lowest BCUT2D eigenvalue weighted by molar-refractivity contribution is 0.684. The normalized spacial score (nSPS) is 20.4. The molecule has 1 saturated carbocycles. The Morgan fingerprint density at radius 2 is 2.26 bits per heavy atom. The summed E-state index contributed by atoms with van der Waals surface area (Å²) in [4.78, 5) is 7.17. The van der Waals surface area contributed by atoms with Gasteiger partial charge in [-0.25, -0.2) is 4.98 Å². The van der Waals surface area contributed by atoms with Crippen LogP contribution in [0.25, 0.3) is 0 Å². The molecule has 3 nitrogen and oxygen atoms in total. The Labute approximate surface area is 120 Å². The van der Waals surface area contributed by atoms with Crippen molar-refractivity contribution >= 4 is 17.6 Å². The van der Waals surface area contributed by atoms with Gasteiger partial charge >= 0.3 is 0 Å². The molecule has 19 heavy (non-hydrogen) atoms. The minimum absolute atomic E-state index is 0.766. The van der Waals surface area contributed by atoms with E-state index in [4.69, 9.17) is 4.98 Å². The molecule has 1 aliphatic carbocycles. The van der Waals surface area contributed by atoms with Crippen LogP contribution in [0.1, 0.15) is 30.4 Å². The van der Waals surface area contributed by atoms with E-state index in [1.165, 1.54) is 47.7 Å². The van der Waals surface area contributed by atoms with Gasteiger partial charge in [-0.15, -0.1) is 0 Å². The molecule has 3 rings (SSSR count). The third-order valence-electron chi connectivity index (χ3n) is 3.80. The zero-order valence-electron chi connectivity index (χ0n) is 11.7. The molecule has 0 amide bonds. The molecule has 2 heterocycles. The molecular weight excluding hydrogens is 254 g/mol. The monoisotopic (exact) mass is 277 g/mol. The average molecular weight is 277 g/mol. The Hall–Kier alpha value is -0.740. The molecule has 2 aliphatic rings. The molecule has 2 fully saturated rings. The summed E-state index contributed by atoms with van der Waals surface area (Å²) in [6, 6.07) is 3.07. The first-order valence-corrected chi connectivity index (χ1v) is 8.50. The van der Waals surface area contributed by atoms with Crippen molar-refractivity contribution in [3.05, 3.63) is 23.4 Å². The number of pyridine rings is 1. The third-order valence-corrected chi connectivity index (χ3v) is 4.85. The highest BCUT2D eigenvalue weighted by Crippen LogP contribution is 2.23. The van der Waals surface area contributed by atoms with E-state index in [-0.39, 0.29) is 0 Å². The molecule has 1 aliphatic heterocycles. The summed E-state index contributed by atoms with van der Waals surface area (Å²) in [5.74, 6) is 3.71. The van der Waals surface area contributed by atoms with E-state index in [0.29, 0.717) is 0 Å². The number of thioether (sulfide) groups is 1. The summed E-state index contributed by atoms with van der Waals surface area (Å²) in [5, 5.41) is 3.55. The number of aryl methyl sites for hydroxylation is 1. The van der Waals surface area contributed by atoms with Crippen LogP contribution in [-0.4, -0.2) is 35.6 Å². The molecule has 1 aromatic rings. The van der Waals surface area contributed by atoms with Gasteiger partial charge in [0.15, 0.2) is 0 Å². The summed E-state index contributed by atoms with van der Waals surface area (Å²) in [6.07, 6.45) is 6.01. The maximum atomic E-state index is 4.72. The quantitative estimate of drug-likeness (QED) is 0.915. The van der Waals surface area contributed by atoms with E-state index in [1.54, 1.807) is 0 Å². The van der Waals surface area contributed by atoms with Crippen molar-refractivity contribution in [3.8, 4) is 0 Å². The number of aromatic nitrogens is 1. The van der Waals surface area contributed by atoms with Crippen molar-refractivity contribution in [1.82, 2.24) is 10.3 Å². The molecule has 0 radical (unpaired) electrons. The fourth-order valence-electron chi connectivity index (χ4n) is 2.56. The highest BCUT2D eigenvalue weighted by atomic mass is 32.2. The Kier molecular flexibility index (Phi) is 4.28. The zero-order valence-corrected chi connectivity index (χ0v) is 12.5. The maximum absolute atomic E-state index is 4.72. The van der Waals surface area contributed by atoms with Gasteiger partial charge in [0.2, 0.25) is 0 Å². The summed E-state index contributed by atoms with van der Waals surface area (Å²) in [5.41, 5.74) is 2.64. The van der Waals surface area contributed by atoms with Crippen LogP contribution in [0.2, 0.25) is 0 Å². The first-order chi connectivity index (χ1) is 9.33. The average Bonchev–Trinajstić information content (AvgIpc) is 3.24. The van der Waals surface area contributed by atoms with E-state index in [2.05, 4.69) is 41.2 Å². The molecular formula is C15H23N3S. The molecule has 0 spiro atoms. The first-order valence-electron chi connectivity index (χ1n) is 7.34. The van der Waals surface area contributed by atoms with Crippen molar-refractivity contribution < 1.29 is 0 Å². The second kappa shape index (κ2) is 6.14. The van der Waals surface area contributed by atoms with E-state index in [0.717, 1.165) is 25.7 Å². The van der Waals surface area contributed by atoms with Gasteiger partial charge in [0.1, 0.15) is 5.82 Å². The zero-order chi connectivity index (χ0) is 13.1. The van der Waals surface area contributed by atoms with Crippen LogP contribution in [-0.2, 0) is 6.54 Å². The van der Waals surface area contributed by atoms with Crippen LogP contribution in [0.5, 0.6) is 0 Å². The first kappa shape index (κ1) is 13.3. The van der Waals surface area contributed by atoms with Gasteiger partial charge in [-0.2, -0.15) is 11.8 Å². The summed E-state index contributed by atoms with van der Waals surface area (Å²) < 4.78 is 0. The second-order valence-electron chi connectivity index (χ2n) is 5.59. The smallest absolute Gasteiger partial charge is 0.131 e. The van der Waals surface area contributed by atoms with Gasteiger partial charge in [-0.3, -0.25) is 0 Å². The predicted octanol–water partition coefficient (Wildman–Crippen LogP) is 2.59. The fraction of sp³-hybridized carbons (Fsp3) is 0.667. The summed E-state index contributed by atoms with van der Waals surface area (Å²) >= 11 is 2.06. The van der Waals surface area contributed by atoms with Gasteiger partial charge in [0.05, 0.1) is 0 Å². The van der Waals surface area contributed by atoms with Crippen molar-refractivity contribution in [3.63, 3.8) is 0 Å². The van der Waals surface area contributed by atoms with Gasteiger partial charge in [-0.1, -0.05) is 0 Å². The minimum atomic E-state index is 0.766. The van der Waals surface area contributed by atoms with E-state index in [9.17, 15) is 0 Å². The highest BCUT2D eigenvalue weighted by Gasteiger charge is 2.20. The number of rotatable bonds is 4. The van der Waals surface area contributed by atoms with Crippen LogP contribution >= 0.6 is 11.8 Å². The highest BCUT2D eigenvalue weighted by molar-refractivity contribution is 7.99. The number of nitrogens with zero attached hydrogens (tertiary/aromatic N) is 2. The van der Waals surface area contributed by atoms with E-state index in [1.807, 2.05) is 0 Å². The Morgan fingerprint density at radius 3 is 3.05 bits per heavy atom. The van der Waals surface area contributed by atoms with Crippen LogP contribution < -0.4 is 10.2 Å². The van der Waals surface area contributed by atoms with Gasteiger partial charge in [0, 0.05) is 37.6 Å². The van der Waals surface area contributed by atoms with Gasteiger partial charge in [-0.05, 0) is 49.1 Å². The maximum Gasteiger partial charge on any atom is 0.131 e. The van der Waals surface area contributed by atoms with Crippen molar-refractivity contribution in [1.29, 1.82) is 0 Å². The topological polar surface area (TPSA) is 28.2 Å². The summed E-state index contributed by atoms with van der Waals surface area (Å²) in [6.45, 7) is 5.45. The molecule has 0 aromatic carbocycles. The molecule has 4 heteroatoms. The Bertz CT molecular complexity index is 423. The fourth-order valence-corrected chi connectivity index (χ4v) is 3.45. The number of hydrogen-bond donors (Lipinski definition) is 1. The molecule has 0 unspecified atom stereocenters. The second-order valence-corrected chi connectivity index (χ2v) is 6.82. The van der Waals surface area contributed by atoms with Crippen LogP contribution in [0.4, 0.5) is 5.82 Å². The van der Waals surface area contributed by atoms with Gasteiger partial charge < -0.3 is 10.2 Å². The van der Waals surface area contributed by atoms with Crippen LogP contribution in [0.3, 0.4) is 0 Å². The van der Waals surface area contributed by atoms with Crippen molar-refractivity contribution in [2.45, 2.75) is 38.8 Å². The lowest BCUT2D eigenvalue weighted by Crippen LogP contribution is -2.27. The largest absolute Gasteiger partial charge is 0.356 e. The van der Waals surface area contributed by atoms with Crippen LogP contribution in [0, 0.1) is 6.92 Å². The molecule has 0 atom stereocenters. The van der Waals surface area contributed by atoms with Crippen LogP contribution in [0.15, 0.2) is 12.3 Å². The molecule has 1 N–H and O–H groups in total. The third kappa shape index (κ3) is 3.63. The lowest BCUT2D eigenvalue weighted by Gasteiger charge is -2.23. The Balaban J connectivity index is 1.66. The standard InChI is InChI=1S/C15H23N3S/c1-12-9-13(10-16-14-3-4-14)11-17-15(12)18-5-2-7-19-8-6-18/h9,11,14,16H,2-8,10H2,1H3. The molecule has 0 bridgehead atoms. The SMILES string of the molecule is Cc1cc(CNC2CC2)cnc1N1CCCSCC1. The van der Waals surface area contributed by atoms with E-state index >= 15 is 0 Å². The number of hydrogen-bond acceptors (Lipinski definition) is 4. The molecule has 1 saturated heterocycles. The van der Waals surface area contributed by atoms with Gasteiger partial charge in [0.25, 0.3) is 0 Å². The molecule has 104 valence electrons. The lowest BCUT2D eigenvalue weighted by atomic mass is 10.2. The summed E-state index contributed by atoms with van der Waals surface area (Å²) in [7, 11) is 0. The number of anilines is 1. The Morgan fingerprint density at radius 1 is 1.37 bits per heavy atom. The van der Waals surface area contributed by atoms with Crippen molar-refractivity contribution in [2.24, 2.45) is 0 Å². The molecule has 1 aromatic heterocycles. The van der Waals surface area contributed by atoms with Crippen molar-refractivity contribution in [2.75, 3.05) is 29.5 Å². The minimum Gasteiger partial charge on any atom is -0.356 e. The van der Waals surface area contributed by atoms with E-state index < -0.39 is 0 Å².